The second kappa shape index (κ2) is 4.47. The van der Waals surface area contributed by atoms with Crippen molar-refractivity contribution in [2.45, 2.75) is 0 Å². The van der Waals surface area contributed by atoms with Crippen molar-refractivity contribution in [1.82, 2.24) is 19.6 Å². The lowest BCUT2D eigenvalue weighted by Gasteiger charge is -2.05. The van der Waals surface area contributed by atoms with Crippen LogP contribution in [0.5, 0.6) is 5.75 Å². The van der Waals surface area contributed by atoms with E-state index in [2.05, 4.69) is 15.2 Å². The zero-order valence-electron chi connectivity index (χ0n) is 9.84. The summed E-state index contributed by atoms with van der Waals surface area (Å²) in [7, 11) is 1.41. The number of halogens is 2. The summed E-state index contributed by atoms with van der Waals surface area (Å²) < 4.78 is 20.2. The van der Waals surface area contributed by atoms with Crippen molar-refractivity contribution in [2.24, 2.45) is 0 Å². The third-order valence-corrected chi connectivity index (χ3v) is 2.95. The van der Waals surface area contributed by atoms with Gasteiger partial charge in [-0.15, -0.1) is 10.2 Å². The molecule has 0 unspecified atom stereocenters. The molecule has 0 aliphatic carbocycles. The first-order valence-electron chi connectivity index (χ1n) is 5.39. The minimum Gasteiger partial charge on any atom is -0.494 e. The normalized spacial score (nSPS) is 10.9. The fourth-order valence-corrected chi connectivity index (χ4v) is 2.03. The summed E-state index contributed by atoms with van der Waals surface area (Å²) in [5, 5.41) is 8.30. The van der Waals surface area contributed by atoms with Gasteiger partial charge < -0.3 is 4.74 Å². The number of ether oxygens (including phenoxy) is 1. The summed E-state index contributed by atoms with van der Waals surface area (Å²) in [4.78, 5) is 3.91. The Morgan fingerprint density at radius 2 is 2.11 bits per heavy atom. The number of hydrogen-bond acceptors (Lipinski definition) is 4. The van der Waals surface area contributed by atoms with E-state index in [1.54, 1.807) is 10.5 Å². The lowest BCUT2D eigenvalue weighted by atomic mass is 10.2. The highest BCUT2D eigenvalue weighted by Crippen LogP contribution is 2.26. The Kier molecular flexibility index (Phi) is 2.79. The topological polar surface area (TPSA) is 52.3 Å². The molecule has 0 radical (unpaired) electrons. The molecule has 0 aliphatic rings. The molecule has 0 aliphatic heterocycles. The first-order valence-corrected chi connectivity index (χ1v) is 5.77. The number of benzene rings is 1. The van der Waals surface area contributed by atoms with Crippen molar-refractivity contribution < 1.29 is 9.13 Å². The molecule has 19 heavy (non-hydrogen) atoms. The molecule has 0 amide bonds. The van der Waals surface area contributed by atoms with Crippen LogP contribution in [-0.2, 0) is 0 Å². The fraction of sp³-hybridized carbons (Fsp3) is 0.0833. The molecule has 2 heterocycles. The molecule has 1 aromatic carbocycles. The summed E-state index contributed by atoms with van der Waals surface area (Å²) in [5.41, 5.74) is 1.05. The summed E-state index contributed by atoms with van der Waals surface area (Å²) in [6.45, 7) is 0. The van der Waals surface area contributed by atoms with Gasteiger partial charge in [-0.25, -0.2) is 4.39 Å². The Morgan fingerprint density at radius 3 is 2.84 bits per heavy atom. The number of nitrogens with zero attached hydrogens (tertiary/aromatic N) is 4. The van der Waals surface area contributed by atoms with Crippen LogP contribution >= 0.6 is 11.6 Å². The van der Waals surface area contributed by atoms with Gasteiger partial charge in [-0.1, -0.05) is 11.6 Å². The Morgan fingerprint density at radius 1 is 1.26 bits per heavy atom. The number of fused-ring (bicyclic) bond motifs is 1. The van der Waals surface area contributed by atoms with E-state index < -0.39 is 5.82 Å². The predicted molar refractivity (Wildman–Crippen MR) is 67.7 cm³/mol. The second-order valence-electron chi connectivity index (χ2n) is 3.80. The molecule has 0 atom stereocenters. The van der Waals surface area contributed by atoms with Crippen molar-refractivity contribution in [3.05, 3.63) is 41.6 Å². The average molecular weight is 279 g/mol. The van der Waals surface area contributed by atoms with E-state index in [1.807, 2.05) is 0 Å². The van der Waals surface area contributed by atoms with Gasteiger partial charge in [0.2, 0.25) is 0 Å². The van der Waals surface area contributed by atoms with E-state index >= 15 is 0 Å². The van der Waals surface area contributed by atoms with Gasteiger partial charge >= 0.3 is 0 Å². The molecule has 3 rings (SSSR count). The van der Waals surface area contributed by atoms with Gasteiger partial charge in [-0.2, -0.15) is 0 Å². The van der Waals surface area contributed by atoms with Gasteiger partial charge in [-0.3, -0.25) is 9.38 Å². The van der Waals surface area contributed by atoms with Crippen molar-refractivity contribution >= 4 is 17.2 Å². The minimum atomic E-state index is -0.470. The van der Waals surface area contributed by atoms with E-state index in [9.17, 15) is 4.39 Å². The van der Waals surface area contributed by atoms with Crippen LogP contribution < -0.4 is 4.74 Å². The molecule has 7 heteroatoms. The predicted octanol–water partition coefficient (Wildman–Crippen LogP) is 2.59. The maximum absolute atomic E-state index is 13.7. The van der Waals surface area contributed by atoms with E-state index in [-0.39, 0.29) is 5.75 Å². The van der Waals surface area contributed by atoms with Crippen molar-refractivity contribution in [3.8, 4) is 17.1 Å². The maximum Gasteiger partial charge on any atom is 0.180 e. The molecule has 0 spiro atoms. The van der Waals surface area contributed by atoms with Gasteiger partial charge in [-0.05, 0) is 18.2 Å². The van der Waals surface area contributed by atoms with Crippen LogP contribution in [-0.4, -0.2) is 26.7 Å². The molecule has 0 fully saturated rings. The lowest BCUT2D eigenvalue weighted by molar-refractivity contribution is 0.386. The Balaban J connectivity index is 2.22. The fourth-order valence-electron chi connectivity index (χ4n) is 1.81. The molecule has 3 aromatic rings. The molecular formula is C12H8ClFN4O. The Bertz CT molecular complexity index is 759. The maximum atomic E-state index is 13.7. The van der Waals surface area contributed by atoms with Gasteiger partial charge in [0.05, 0.1) is 19.5 Å². The number of aromatic nitrogens is 4. The average Bonchev–Trinajstić information content (AvgIpc) is 2.84. The van der Waals surface area contributed by atoms with Crippen molar-refractivity contribution in [1.29, 1.82) is 0 Å². The Labute approximate surface area is 112 Å². The second-order valence-corrected chi connectivity index (χ2v) is 4.18. The van der Waals surface area contributed by atoms with E-state index in [1.165, 1.54) is 31.6 Å². The van der Waals surface area contributed by atoms with E-state index in [0.29, 0.717) is 22.2 Å². The highest BCUT2D eigenvalue weighted by molar-refractivity contribution is 6.29. The van der Waals surface area contributed by atoms with Crippen LogP contribution in [0.3, 0.4) is 0 Å². The van der Waals surface area contributed by atoms with E-state index in [4.69, 9.17) is 16.3 Å². The van der Waals surface area contributed by atoms with Gasteiger partial charge in [0.25, 0.3) is 0 Å². The zero-order chi connectivity index (χ0) is 13.4. The largest absolute Gasteiger partial charge is 0.494 e. The van der Waals surface area contributed by atoms with Gasteiger partial charge in [0.15, 0.2) is 23.0 Å². The minimum absolute atomic E-state index is 0.172. The summed E-state index contributed by atoms with van der Waals surface area (Å²) in [6, 6.07) is 4.54. The molecule has 0 saturated carbocycles. The molecule has 5 nitrogen and oxygen atoms in total. The van der Waals surface area contributed by atoms with Crippen molar-refractivity contribution in [2.75, 3.05) is 7.11 Å². The quantitative estimate of drug-likeness (QED) is 0.723. The number of hydrogen-bond donors (Lipinski definition) is 0. The van der Waals surface area contributed by atoms with Gasteiger partial charge in [0, 0.05) is 5.56 Å². The third kappa shape index (κ3) is 1.90. The van der Waals surface area contributed by atoms with Gasteiger partial charge in [0.1, 0.15) is 5.15 Å². The summed E-state index contributed by atoms with van der Waals surface area (Å²) in [5.74, 6) is 0.149. The molecule has 0 saturated heterocycles. The smallest absolute Gasteiger partial charge is 0.180 e. The Hall–Kier alpha value is -2.21. The molecule has 0 bridgehead atoms. The van der Waals surface area contributed by atoms with Crippen LogP contribution in [0.2, 0.25) is 5.15 Å². The highest BCUT2D eigenvalue weighted by atomic mass is 35.5. The monoisotopic (exact) mass is 278 g/mol. The van der Waals surface area contributed by atoms with Crippen molar-refractivity contribution in [3.63, 3.8) is 0 Å². The molecule has 0 N–H and O–H groups in total. The molecule has 96 valence electrons. The van der Waals surface area contributed by atoms with Crippen LogP contribution in [0.25, 0.3) is 17.0 Å². The van der Waals surface area contributed by atoms with Crippen LogP contribution in [0, 0.1) is 5.82 Å². The third-order valence-electron chi connectivity index (χ3n) is 2.68. The van der Waals surface area contributed by atoms with Crippen LogP contribution in [0.1, 0.15) is 0 Å². The van der Waals surface area contributed by atoms with E-state index in [0.717, 1.165) is 0 Å². The summed E-state index contributed by atoms with van der Waals surface area (Å²) >= 11 is 6.05. The molecule has 2 aromatic heterocycles. The SMILES string of the molecule is COc1ccc(-c2nnc3cncc(Cl)n23)cc1F. The highest BCUT2D eigenvalue weighted by Gasteiger charge is 2.13. The standard InChI is InChI=1S/C12H8ClFN4O/c1-19-9-3-2-7(4-8(9)14)12-17-16-11-6-15-5-10(13)18(11)12/h2-6H,1H3. The number of methoxy groups -OCH3 is 1. The van der Waals surface area contributed by atoms with Crippen LogP contribution in [0.4, 0.5) is 4.39 Å². The summed E-state index contributed by atoms with van der Waals surface area (Å²) in [6.07, 6.45) is 3.00. The van der Waals surface area contributed by atoms with Crippen LogP contribution in [0.15, 0.2) is 30.6 Å². The molecular weight excluding hydrogens is 271 g/mol. The zero-order valence-corrected chi connectivity index (χ0v) is 10.6. The lowest BCUT2D eigenvalue weighted by Crippen LogP contribution is -1.94. The number of rotatable bonds is 2. The first kappa shape index (κ1) is 11.9. The first-order chi connectivity index (χ1) is 9.20.